The van der Waals surface area contributed by atoms with Gasteiger partial charge in [0.05, 0.1) is 21.3 Å². The minimum atomic E-state index is -5.24. The maximum Gasteiger partial charge on any atom is 0.426 e. The highest BCUT2D eigenvalue weighted by atomic mass is 127. The number of carbonyl (C=O) groups excluding carboxylic acids is 1. The maximum atomic E-state index is 13.9. The first kappa shape index (κ1) is 23.6. The van der Waals surface area contributed by atoms with Crippen LogP contribution in [0.1, 0.15) is 6.92 Å². The highest BCUT2D eigenvalue weighted by molar-refractivity contribution is 14.1. The molecule has 1 unspecified atom stereocenters. The van der Waals surface area contributed by atoms with Crippen LogP contribution in [0, 0.1) is 9.39 Å². The van der Waals surface area contributed by atoms with Gasteiger partial charge < -0.3 is 10.4 Å². The third-order valence-electron chi connectivity index (χ3n) is 3.67. The van der Waals surface area contributed by atoms with Gasteiger partial charge in [0.2, 0.25) is 5.60 Å². The van der Waals surface area contributed by atoms with Gasteiger partial charge in [-0.3, -0.25) is 9.52 Å². The summed E-state index contributed by atoms with van der Waals surface area (Å²) < 4.78 is 79.4. The third kappa shape index (κ3) is 5.29. The van der Waals surface area contributed by atoms with Crippen LogP contribution in [0.5, 0.6) is 0 Å². The van der Waals surface area contributed by atoms with Crippen molar-refractivity contribution in [2.45, 2.75) is 23.6 Å². The molecule has 0 heterocycles. The molecule has 0 fully saturated rings. The molecule has 0 aromatic heterocycles. The Balaban J connectivity index is 2.27. The number of halogens is 6. The fourth-order valence-corrected chi connectivity index (χ4v) is 3.75. The van der Waals surface area contributed by atoms with Gasteiger partial charge in [0.1, 0.15) is 5.82 Å². The highest BCUT2D eigenvalue weighted by Gasteiger charge is 2.55. The van der Waals surface area contributed by atoms with Gasteiger partial charge in [0.25, 0.3) is 15.9 Å². The van der Waals surface area contributed by atoms with Crippen molar-refractivity contribution in [3.8, 4) is 0 Å². The molecule has 29 heavy (non-hydrogen) atoms. The van der Waals surface area contributed by atoms with Crippen molar-refractivity contribution in [1.29, 1.82) is 0 Å². The molecular weight excluding hydrogens is 555 g/mol. The van der Waals surface area contributed by atoms with E-state index in [9.17, 15) is 35.9 Å². The number of hydrogen-bond acceptors (Lipinski definition) is 4. The lowest BCUT2D eigenvalue weighted by Crippen LogP contribution is -2.52. The van der Waals surface area contributed by atoms with Crippen LogP contribution in [0.2, 0.25) is 5.02 Å². The van der Waals surface area contributed by atoms with Crippen LogP contribution < -0.4 is 10.0 Å². The predicted molar refractivity (Wildman–Crippen MR) is 107 cm³/mol. The number of nitrogens with one attached hydrogen (secondary N) is 2. The van der Waals surface area contributed by atoms with Crippen LogP contribution in [0.3, 0.4) is 0 Å². The Bertz CT molecular complexity index is 1060. The fraction of sp³-hybridized carbons (Fsp3) is 0.188. The quantitative estimate of drug-likeness (QED) is 0.375. The maximum absolute atomic E-state index is 13.9. The molecule has 2 aromatic carbocycles. The lowest BCUT2D eigenvalue weighted by Gasteiger charge is -2.25. The molecule has 0 aliphatic heterocycles. The summed E-state index contributed by atoms with van der Waals surface area (Å²) in [5.74, 6) is -2.62. The Hall–Kier alpha value is -1.64. The van der Waals surface area contributed by atoms with Crippen LogP contribution in [-0.4, -0.2) is 31.2 Å². The molecule has 0 spiro atoms. The molecule has 0 saturated carbocycles. The first-order chi connectivity index (χ1) is 13.1. The molecule has 0 aliphatic rings. The second-order valence-electron chi connectivity index (χ2n) is 5.90. The van der Waals surface area contributed by atoms with Gasteiger partial charge in [-0.2, -0.15) is 13.2 Å². The first-order valence-corrected chi connectivity index (χ1v) is 10.5. The molecule has 1 atom stereocenters. The van der Waals surface area contributed by atoms with E-state index in [1.807, 2.05) is 27.3 Å². The van der Waals surface area contributed by atoms with Crippen LogP contribution >= 0.6 is 34.2 Å². The van der Waals surface area contributed by atoms with Crippen molar-refractivity contribution in [3.63, 3.8) is 0 Å². The summed E-state index contributed by atoms with van der Waals surface area (Å²) in [5, 5.41) is 10.7. The molecule has 0 aliphatic carbocycles. The zero-order chi connectivity index (χ0) is 22.2. The van der Waals surface area contributed by atoms with E-state index in [0.29, 0.717) is 3.57 Å². The summed E-state index contributed by atoms with van der Waals surface area (Å²) in [6, 6.07) is 6.52. The van der Waals surface area contributed by atoms with E-state index in [0.717, 1.165) is 24.3 Å². The molecule has 3 N–H and O–H groups in total. The minimum absolute atomic E-state index is 0.259. The second-order valence-corrected chi connectivity index (χ2v) is 9.23. The number of aliphatic hydroxyl groups is 1. The SMILES string of the molecule is CC(O)(C(=O)Nc1ccc(S(=O)(=O)Nc2ccc(I)cc2F)cc1Cl)C(F)(F)F. The van der Waals surface area contributed by atoms with Gasteiger partial charge in [-0.1, -0.05) is 11.6 Å². The summed E-state index contributed by atoms with van der Waals surface area (Å²) in [5.41, 5.74) is -4.37. The summed E-state index contributed by atoms with van der Waals surface area (Å²) in [6.07, 6.45) is -5.24. The number of amides is 1. The van der Waals surface area contributed by atoms with E-state index < -0.39 is 43.4 Å². The Labute approximate surface area is 181 Å². The van der Waals surface area contributed by atoms with Crippen LogP contribution in [0.25, 0.3) is 0 Å². The Morgan fingerprint density at radius 1 is 1.14 bits per heavy atom. The van der Waals surface area contributed by atoms with Gasteiger partial charge in [0, 0.05) is 3.57 Å². The topological polar surface area (TPSA) is 95.5 Å². The van der Waals surface area contributed by atoms with Gasteiger partial charge in [-0.25, -0.2) is 12.8 Å². The zero-order valence-corrected chi connectivity index (χ0v) is 18.0. The number of carbonyl (C=O) groups is 1. The van der Waals surface area contributed by atoms with Gasteiger partial charge >= 0.3 is 6.18 Å². The molecule has 1 amide bonds. The zero-order valence-electron chi connectivity index (χ0n) is 14.3. The van der Waals surface area contributed by atoms with Gasteiger partial charge in [0.15, 0.2) is 0 Å². The standard InChI is InChI=1S/C16H12ClF4IN2O4S/c1-15(26,16(19,20)21)14(25)23-12-5-3-9(7-10(12)17)29(27,28)24-13-4-2-8(22)6-11(13)18/h2-7,24,26H,1H3,(H,23,25). The number of anilines is 2. The van der Waals surface area contributed by atoms with Gasteiger partial charge in [-0.05, 0) is 65.9 Å². The van der Waals surface area contributed by atoms with Crippen molar-refractivity contribution < 1.29 is 35.9 Å². The summed E-state index contributed by atoms with van der Waals surface area (Å²) in [4.78, 5) is 11.3. The second kappa shape index (κ2) is 8.24. The third-order valence-corrected chi connectivity index (χ3v) is 6.02. The molecule has 13 heteroatoms. The van der Waals surface area contributed by atoms with E-state index >= 15 is 0 Å². The van der Waals surface area contributed by atoms with Crippen LogP contribution in [0.4, 0.5) is 28.9 Å². The van der Waals surface area contributed by atoms with Crippen molar-refractivity contribution in [3.05, 3.63) is 50.8 Å². The molecule has 158 valence electrons. The molecule has 2 rings (SSSR count). The molecular formula is C16H12ClF4IN2O4S. The van der Waals surface area contributed by atoms with E-state index in [4.69, 9.17) is 11.6 Å². The van der Waals surface area contributed by atoms with E-state index in [1.165, 1.54) is 12.1 Å². The molecule has 6 nitrogen and oxygen atoms in total. The van der Waals surface area contributed by atoms with Crippen molar-refractivity contribution in [2.75, 3.05) is 10.0 Å². The fourth-order valence-electron chi connectivity index (χ4n) is 1.91. The minimum Gasteiger partial charge on any atom is -0.373 e. The lowest BCUT2D eigenvalue weighted by atomic mass is 10.1. The Morgan fingerprint density at radius 2 is 1.72 bits per heavy atom. The van der Waals surface area contributed by atoms with E-state index in [-0.39, 0.29) is 18.3 Å². The summed E-state index contributed by atoms with van der Waals surface area (Å²) >= 11 is 7.70. The molecule has 2 aromatic rings. The molecule has 0 radical (unpaired) electrons. The highest BCUT2D eigenvalue weighted by Crippen LogP contribution is 2.33. The van der Waals surface area contributed by atoms with Crippen molar-refractivity contribution >= 4 is 61.5 Å². The monoisotopic (exact) mass is 566 g/mol. The Kier molecular flexibility index (Phi) is 6.72. The first-order valence-electron chi connectivity index (χ1n) is 7.53. The number of rotatable bonds is 5. The van der Waals surface area contributed by atoms with Crippen LogP contribution in [-0.2, 0) is 14.8 Å². The number of sulfonamides is 1. The van der Waals surface area contributed by atoms with Crippen molar-refractivity contribution in [2.24, 2.45) is 0 Å². The molecule has 0 saturated heterocycles. The predicted octanol–water partition coefficient (Wildman–Crippen LogP) is 4.14. The number of hydrogen-bond donors (Lipinski definition) is 3. The number of alkyl halides is 3. The summed E-state index contributed by atoms with van der Waals surface area (Å²) in [7, 11) is -4.29. The average molecular weight is 567 g/mol. The van der Waals surface area contributed by atoms with E-state index in [1.54, 1.807) is 5.32 Å². The molecule has 0 bridgehead atoms. The summed E-state index contributed by atoms with van der Waals surface area (Å²) in [6.45, 7) is 0.259. The number of benzene rings is 2. The lowest BCUT2D eigenvalue weighted by molar-refractivity contribution is -0.242. The van der Waals surface area contributed by atoms with Crippen molar-refractivity contribution in [1.82, 2.24) is 0 Å². The normalized spacial score (nSPS) is 14.2. The van der Waals surface area contributed by atoms with Gasteiger partial charge in [-0.15, -0.1) is 0 Å². The Morgan fingerprint density at radius 3 is 2.24 bits per heavy atom. The van der Waals surface area contributed by atoms with E-state index in [2.05, 4.69) is 0 Å². The smallest absolute Gasteiger partial charge is 0.373 e. The average Bonchev–Trinajstić information content (AvgIpc) is 2.58. The van der Waals surface area contributed by atoms with Crippen LogP contribution in [0.15, 0.2) is 41.3 Å². The largest absolute Gasteiger partial charge is 0.426 e.